The quantitative estimate of drug-likeness (QED) is 0.502. The van der Waals surface area contributed by atoms with Crippen molar-refractivity contribution in [3.8, 4) is 0 Å². The first-order chi connectivity index (χ1) is 13.0. The van der Waals surface area contributed by atoms with E-state index in [9.17, 15) is 9.59 Å². The lowest BCUT2D eigenvalue weighted by atomic mass is 9.60. The molecule has 1 saturated carbocycles. The van der Waals surface area contributed by atoms with Crippen molar-refractivity contribution in [2.45, 2.75) is 38.5 Å². The third-order valence-electron chi connectivity index (χ3n) is 6.07. The van der Waals surface area contributed by atoms with Crippen LogP contribution in [0.2, 0.25) is 0 Å². The van der Waals surface area contributed by atoms with E-state index in [1.165, 1.54) is 24.7 Å². The highest BCUT2D eigenvalue weighted by molar-refractivity contribution is 5.89. The van der Waals surface area contributed by atoms with Crippen molar-refractivity contribution in [3.63, 3.8) is 0 Å². The van der Waals surface area contributed by atoms with Crippen LogP contribution in [0, 0.1) is 13.8 Å². The van der Waals surface area contributed by atoms with Crippen LogP contribution in [0.25, 0.3) is 11.0 Å². The minimum Gasteiger partial charge on any atom is -0.465 e. The van der Waals surface area contributed by atoms with Gasteiger partial charge in [0.2, 0.25) is 0 Å². The van der Waals surface area contributed by atoms with Gasteiger partial charge in [0.25, 0.3) is 0 Å². The normalized spacial score (nSPS) is 15.4. The Balaban J connectivity index is 1.82. The van der Waals surface area contributed by atoms with Crippen LogP contribution in [-0.4, -0.2) is 13.1 Å². The van der Waals surface area contributed by atoms with E-state index in [1.807, 2.05) is 37.3 Å². The summed E-state index contributed by atoms with van der Waals surface area (Å²) in [6.07, 6.45) is 3.29. The lowest BCUT2D eigenvalue weighted by Gasteiger charge is -2.43. The first kappa shape index (κ1) is 17.5. The first-order valence-electron chi connectivity index (χ1n) is 9.20. The average molecular weight is 362 g/mol. The van der Waals surface area contributed by atoms with Gasteiger partial charge < -0.3 is 9.15 Å². The molecule has 1 aliphatic rings. The van der Waals surface area contributed by atoms with Crippen LogP contribution in [-0.2, 0) is 10.2 Å². The van der Waals surface area contributed by atoms with Gasteiger partial charge in [0.1, 0.15) is 5.58 Å². The molecule has 1 aliphatic carbocycles. The Hall–Kier alpha value is -2.88. The fourth-order valence-corrected chi connectivity index (χ4v) is 4.06. The zero-order valence-corrected chi connectivity index (χ0v) is 15.8. The zero-order valence-electron chi connectivity index (χ0n) is 15.8. The molecule has 0 bridgehead atoms. The van der Waals surface area contributed by atoms with Gasteiger partial charge in [-0.15, -0.1) is 0 Å². The van der Waals surface area contributed by atoms with Crippen LogP contribution in [0.1, 0.15) is 51.9 Å². The van der Waals surface area contributed by atoms with E-state index in [2.05, 4.69) is 12.1 Å². The number of hydrogen-bond donors (Lipinski definition) is 0. The Bertz CT molecular complexity index is 1090. The van der Waals surface area contributed by atoms with E-state index >= 15 is 0 Å². The van der Waals surface area contributed by atoms with Gasteiger partial charge >= 0.3 is 11.6 Å². The molecule has 1 fully saturated rings. The molecule has 1 aromatic heterocycles. The minimum absolute atomic E-state index is 0.0562. The molecule has 138 valence electrons. The SMILES string of the molecule is COC(=O)c1ccc(C2(c3ccc4oc(=O)c(C)c(C)c4c3)CCC2)cc1. The van der Waals surface area contributed by atoms with E-state index in [-0.39, 0.29) is 17.0 Å². The molecule has 0 aliphatic heterocycles. The molecule has 27 heavy (non-hydrogen) atoms. The van der Waals surface area contributed by atoms with Crippen molar-refractivity contribution < 1.29 is 13.9 Å². The summed E-state index contributed by atoms with van der Waals surface area (Å²) in [5.74, 6) is -0.323. The molecular formula is C23H22O4. The second-order valence-corrected chi connectivity index (χ2v) is 7.36. The van der Waals surface area contributed by atoms with Crippen LogP contribution in [0.4, 0.5) is 0 Å². The molecule has 0 atom stereocenters. The van der Waals surface area contributed by atoms with Crippen LogP contribution in [0.15, 0.2) is 51.7 Å². The first-order valence-corrected chi connectivity index (χ1v) is 9.20. The lowest BCUT2D eigenvalue weighted by molar-refractivity contribution is 0.0600. The molecule has 4 nitrogen and oxygen atoms in total. The summed E-state index contributed by atoms with van der Waals surface area (Å²) >= 11 is 0. The van der Waals surface area contributed by atoms with Gasteiger partial charge in [0.05, 0.1) is 12.7 Å². The van der Waals surface area contributed by atoms with Crippen molar-refractivity contribution in [2.24, 2.45) is 0 Å². The highest BCUT2D eigenvalue weighted by atomic mass is 16.5. The molecule has 0 N–H and O–H groups in total. The van der Waals surface area contributed by atoms with Gasteiger partial charge in [-0.05, 0) is 67.6 Å². The molecule has 2 aromatic carbocycles. The largest absolute Gasteiger partial charge is 0.465 e. The van der Waals surface area contributed by atoms with Crippen LogP contribution in [0.5, 0.6) is 0 Å². The number of ether oxygens (including phenoxy) is 1. The standard InChI is InChI=1S/C23H22O4/c1-14-15(2)21(24)27-20-10-9-18(13-19(14)20)23(11-4-12-23)17-7-5-16(6-8-17)22(25)26-3/h5-10,13H,4,11-12H2,1-3H3. The van der Waals surface area contributed by atoms with Crippen molar-refractivity contribution in [1.82, 2.24) is 0 Å². The number of hydrogen-bond acceptors (Lipinski definition) is 4. The van der Waals surface area contributed by atoms with Gasteiger partial charge in [-0.2, -0.15) is 0 Å². The van der Waals surface area contributed by atoms with Crippen LogP contribution in [0.3, 0.4) is 0 Å². The number of carbonyl (C=O) groups is 1. The fourth-order valence-electron chi connectivity index (χ4n) is 4.06. The molecule has 4 heteroatoms. The van der Waals surface area contributed by atoms with E-state index in [1.54, 1.807) is 6.92 Å². The third kappa shape index (κ3) is 2.67. The smallest absolute Gasteiger partial charge is 0.339 e. The van der Waals surface area contributed by atoms with Crippen LogP contribution >= 0.6 is 0 Å². The molecule has 0 radical (unpaired) electrons. The Morgan fingerprint density at radius 2 is 1.67 bits per heavy atom. The molecular weight excluding hydrogens is 340 g/mol. The summed E-state index contributed by atoms with van der Waals surface area (Å²) in [5, 5.41) is 0.988. The number of carbonyl (C=O) groups excluding carboxylic acids is 1. The zero-order chi connectivity index (χ0) is 19.2. The van der Waals surface area contributed by atoms with E-state index < -0.39 is 0 Å². The maximum absolute atomic E-state index is 11.9. The number of benzene rings is 2. The molecule has 0 amide bonds. The van der Waals surface area contributed by atoms with Gasteiger partial charge in [-0.3, -0.25) is 0 Å². The monoisotopic (exact) mass is 362 g/mol. The molecule has 3 aromatic rings. The Morgan fingerprint density at radius 3 is 2.26 bits per heavy atom. The maximum atomic E-state index is 11.9. The van der Waals surface area contributed by atoms with Crippen molar-refractivity contribution in [1.29, 1.82) is 0 Å². The van der Waals surface area contributed by atoms with Crippen molar-refractivity contribution >= 4 is 16.9 Å². The summed E-state index contributed by atoms with van der Waals surface area (Å²) in [7, 11) is 1.39. The summed E-state index contributed by atoms with van der Waals surface area (Å²) in [4.78, 5) is 23.6. The average Bonchev–Trinajstić information content (AvgIpc) is 2.66. The Kier molecular flexibility index (Phi) is 4.14. The number of rotatable bonds is 3. The van der Waals surface area contributed by atoms with E-state index in [4.69, 9.17) is 9.15 Å². The molecule has 0 unspecified atom stereocenters. The third-order valence-corrected chi connectivity index (χ3v) is 6.07. The molecule has 4 rings (SSSR count). The number of fused-ring (bicyclic) bond motifs is 1. The minimum atomic E-state index is -0.323. The summed E-state index contributed by atoms with van der Waals surface area (Å²) < 4.78 is 10.2. The predicted octanol–water partition coefficient (Wildman–Crippen LogP) is 4.67. The summed E-state index contributed by atoms with van der Waals surface area (Å²) in [6, 6.07) is 13.8. The van der Waals surface area contributed by atoms with Gasteiger partial charge in [-0.1, -0.05) is 24.6 Å². The number of methoxy groups -OCH3 is 1. The van der Waals surface area contributed by atoms with E-state index in [0.29, 0.717) is 16.7 Å². The molecule has 0 saturated heterocycles. The van der Waals surface area contributed by atoms with Gasteiger partial charge in [0, 0.05) is 16.4 Å². The molecule has 1 heterocycles. The van der Waals surface area contributed by atoms with Crippen molar-refractivity contribution in [2.75, 3.05) is 7.11 Å². The Labute approximate surface area is 157 Å². The fraction of sp³-hybridized carbons (Fsp3) is 0.304. The lowest BCUT2D eigenvalue weighted by Crippen LogP contribution is -2.35. The number of esters is 1. The maximum Gasteiger partial charge on any atom is 0.339 e. The predicted molar refractivity (Wildman–Crippen MR) is 104 cm³/mol. The highest BCUT2D eigenvalue weighted by Crippen LogP contribution is 2.49. The molecule has 0 spiro atoms. The second kappa shape index (κ2) is 6.38. The topological polar surface area (TPSA) is 56.5 Å². The van der Waals surface area contributed by atoms with E-state index in [0.717, 1.165) is 23.8 Å². The van der Waals surface area contributed by atoms with Gasteiger partial charge in [-0.25, -0.2) is 9.59 Å². The Morgan fingerprint density at radius 1 is 1.00 bits per heavy atom. The second-order valence-electron chi connectivity index (χ2n) is 7.36. The van der Waals surface area contributed by atoms with Gasteiger partial charge in [0.15, 0.2) is 0 Å². The summed E-state index contributed by atoms with van der Waals surface area (Å²) in [6.45, 7) is 3.77. The number of aryl methyl sites for hydroxylation is 1. The van der Waals surface area contributed by atoms with Crippen molar-refractivity contribution in [3.05, 3.63) is 80.7 Å². The van der Waals surface area contributed by atoms with Crippen LogP contribution < -0.4 is 5.63 Å². The summed E-state index contributed by atoms with van der Waals surface area (Å²) in [5.41, 5.74) is 4.91. The highest BCUT2D eigenvalue weighted by Gasteiger charge is 2.40.